The Bertz CT molecular complexity index is 691. The minimum Gasteiger partial charge on any atom is -0.396 e. The third kappa shape index (κ3) is 1.50. The van der Waals surface area contributed by atoms with Crippen molar-refractivity contribution in [3.05, 3.63) is 42.5 Å². The van der Waals surface area contributed by atoms with Gasteiger partial charge in [-0.1, -0.05) is 17.3 Å². The minimum absolute atomic E-state index is 0.353. The quantitative estimate of drug-likeness (QED) is 0.686. The van der Waals surface area contributed by atoms with Crippen LogP contribution in [-0.2, 0) is 0 Å². The van der Waals surface area contributed by atoms with Gasteiger partial charge in [-0.05, 0) is 12.1 Å². The average Bonchev–Trinajstić information content (AvgIpc) is 2.72. The van der Waals surface area contributed by atoms with E-state index in [0.29, 0.717) is 22.6 Å². The van der Waals surface area contributed by atoms with Crippen LogP contribution < -0.4 is 5.73 Å². The molecule has 5 nitrogen and oxygen atoms in total. The van der Waals surface area contributed by atoms with Crippen LogP contribution in [-0.4, -0.2) is 19.8 Å². The van der Waals surface area contributed by atoms with Crippen molar-refractivity contribution < 1.29 is 4.39 Å². The second kappa shape index (κ2) is 3.51. The van der Waals surface area contributed by atoms with Crippen LogP contribution in [0.4, 0.5) is 10.1 Å². The first-order valence-corrected chi connectivity index (χ1v) is 4.97. The van der Waals surface area contributed by atoms with Crippen molar-refractivity contribution in [1.29, 1.82) is 0 Å². The third-order valence-corrected chi connectivity index (χ3v) is 2.41. The predicted molar refractivity (Wildman–Crippen MR) is 60.6 cm³/mol. The maximum Gasteiger partial charge on any atom is 0.183 e. The van der Waals surface area contributed by atoms with Gasteiger partial charge in [-0.2, -0.15) is 4.52 Å². The number of benzene rings is 1. The van der Waals surface area contributed by atoms with E-state index < -0.39 is 0 Å². The average molecular weight is 229 g/mol. The molecule has 0 aliphatic rings. The van der Waals surface area contributed by atoms with Gasteiger partial charge in [0.25, 0.3) is 0 Å². The third-order valence-electron chi connectivity index (χ3n) is 2.41. The van der Waals surface area contributed by atoms with Crippen molar-refractivity contribution in [2.75, 3.05) is 5.73 Å². The second-order valence-electron chi connectivity index (χ2n) is 3.57. The Morgan fingerprint density at radius 3 is 2.88 bits per heavy atom. The lowest BCUT2D eigenvalue weighted by atomic mass is 10.1. The van der Waals surface area contributed by atoms with Crippen LogP contribution in [0.1, 0.15) is 0 Å². The molecule has 6 heteroatoms. The molecule has 17 heavy (non-hydrogen) atoms. The summed E-state index contributed by atoms with van der Waals surface area (Å²) in [7, 11) is 0. The van der Waals surface area contributed by atoms with Crippen LogP contribution >= 0.6 is 0 Å². The fourth-order valence-electron chi connectivity index (χ4n) is 1.63. The smallest absolute Gasteiger partial charge is 0.183 e. The first kappa shape index (κ1) is 9.71. The Labute approximate surface area is 95.7 Å². The van der Waals surface area contributed by atoms with Gasteiger partial charge in [0.1, 0.15) is 11.5 Å². The Morgan fingerprint density at radius 1 is 1.24 bits per heavy atom. The molecule has 0 atom stereocenters. The van der Waals surface area contributed by atoms with E-state index in [2.05, 4.69) is 15.3 Å². The molecule has 0 spiro atoms. The van der Waals surface area contributed by atoms with Crippen LogP contribution in [0.3, 0.4) is 0 Å². The summed E-state index contributed by atoms with van der Waals surface area (Å²) in [5.41, 5.74) is 7.31. The van der Waals surface area contributed by atoms with E-state index in [1.54, 1.807) is 24.4 Å². The largest absolute Gasteiger partial charge is 0.396 e. The fourth-order valence-corrected chi connectivity index (χ4v) is 1.63. The summed E-state index contributed by atoms with van der Waals surface area (Å²) < 4.78 is 15.1. The van der Waals surface area contributed by atoms with Crippen LogP contribution in [0.5, 0.6) is 0 Å². The molecule has 2 N–H and O–H groups in total. The molecule has 84 valence electrons. The lowest BCUT2D eigenvalue weighted by molar-refractivity contribution is 0.630. The maximum absolute atomic E-state index is 13.6. The molecule has 0 amide bonds. The number of anilines is 1. The zero-order valence-corrected chi connectivity index (χ0v) is 8.71. The molecule has 3 aromatic rings. The topological polar surface area (TPSA) is 69.1 Å². The van der Waals surface area contributed by atoms with Gasteiger partial charge < -0.3 is 5.73 Å². The van der Waals surface area contributed by atoms with Gasteiger partial charge in [0.05, 0.1) is 18.1 Å². The summed E-state index contributed by atoms with van der Waals surface area (Å²) in [6.07, 6.45) is 3.07. The van der Waals surface area contributed by atoms with Gasteiger partial charge in [-0.25, -0.2) is 9.37 Å². The molecular weight excluding hydrogens is 221 g/mol. The molecular formula is C11H8FN5. The molecule has 1 aromatic carbocycles. The zero-order chi connectivity index (χ0) is 11.8. The Kier molecular flexibility index (Phi) is 2.01. The number of rotatable bonds is 1. The molecule has 0 saturated heterocycles. The van der Waals surface area contributed by atoms with Crippen LogP contribution in [0.25, 0.3) is 16.9 Å². The monoisotopic (exact) mass is 229 g/mol. The van der Waals surface area contributed by atoms with Gasteiger partial charge in [0.15, 0.2) is 5.65 Å². The molecule has 0 radical (unpaired) electrons. The lowest BCUT2D eigenvalue weighted by Gasteiger charge is -1.98. The summed E-state index contributed by atoms with van der Waals surface area (Å²) in [5, 5.41) is 7.78. The van der Waals surface area contributed by atoms with Crippen molar-refractivity contribution in [3.8, 4) is 11.3 Å². The van der Waals surface area contributed by atoms with Crippen LogP contribution in [0.2, 0.25) is 0 Å². The standard InChI is InChI=1S/C11H8FN5/c12-9-4-2-1-3-8(9)10-11-14-5-7(13)6-17(11)16-15-10/h1-6H,13H2. The van der Waals surface area contributed by atoms with Gasteiger partial charge in [-0.15, -0.1) is 5.10 Å². The Balaban J connectivity index is 2.29. The van der Waals surface area contributed by atoms with E-state index in [1.807, 2.05) is 0 Å². The van der Waals surface area contributed by atoms with E-state index >= 15 is 0 Å². The fraction of sp³-hybridized carbons (Fsp3) is 0. The number of hydrogen-bond donors (Lipinski definition) is 1. The first-order chi connectivity index (χ1) is 8.25. The van der Waals surface area contributed by atoms with Gasteiger partial charge in [0.2, 0.25) is 0 Å². The maximum atomic E-state index is 13.6. The molecule has 0 aliphatic carbocycles. The molecule has 2 heterocycles. The number of hydrogen-bond acceptors (Lipinski definition) is 4. The van der Waals surface area contributed by atoms with Crippen molar-refractivity contribution in [1.82, 2.24) is 19.8 Å². The van der Waals surface area contributed by atoms with Gasteiger partial charge in [0, 0.05) is 5.56 Å². The molecule has 2 aromatic heterocycles. The number of nitrogen functional groups attached to an aromatic ring is 1. The summed E-state index contributed by atoms with van der Waals surface area (Å²) in [6.45, 7) is 0. The summed E-state index contributed by atoms with van der Waals surface area (Å²) in [6, 6.07) is 6.37. The summed E-state index contributed by atoms with van der Waals surface area (Å²) >= 11 is 0. The molecule has 0 bridgehead atoms. The van der Waals surface area contributed by atoms with Crippen LogP contribution in [0, 0.1) is 5.82 Å². The van der Waals surface area contributed by atoms with E-state index in [1.165, 1.54) is 16.8 Å². The highest BCUT2D eigenvalue weighted by atomic mass is 19.1. The number of aromatic nitrogens is 4. The Morgan fingerprint density at radius 2 is 2.06 bits per heavy atom. The highest BCUT2D eigenvalue weighted by molar-refractivity contribution is 5.73. The number of fused-ring (bicyclic) bond motifs is 1. The summed E-state index contributed by atoms with van der Waals surface area (Å²) in [4.78, 5) is 4.10. The number of nitrogens with zero attached hydrogens (tertiary/aromatic N) is 4. The number of nitrogens with two attached hydrogens (primary N) is 1. The van der Waals surface area contributed by atoms with Crippen molar-refractivity contribution in [2.45, 2.75) is 0 Å². The minimum atomic E-state index is -0.353. The first-order valence-electron chi connectivity index (χ1n) is 4.97. The molecule has 0 unspecified atom stereocenters. The lowest BCUT2D eigenvalue weighted by Crippen LogP contribution is -1.94. The predicted octanol–water partition coefficient (Wildman–Crippen LogP) is 1.51. The highest BCUT2D eigenvalue weighted by Gasteiger charge is 2.13. The Hall–Kier alpha value is -2.50. The van der Waals surface area contributed by atoms with Gasteiger partial charge in [-0.3, -0.25) is 0 Å². The van der Waals surface area contributed by atoms with Crippen LogP contribution in [0.15, 0.2) is 36.7 Å². The zero-order valence-electron chi connectivity index (χ0n) is 8.71. The van der Waals surface area contributed by atoms with Crippen molar-refractivity contribution in [2.24, 2.45) is 0 Å². The van der Waals surface area contributed by atoms with Crippen molar-refractivity contribution in [3.63, 3.8) is 0 Å². The molecule has 0 aliphatic heterocycles. The SMILES string of the molecule is Nc1cnc2c(-c3ccccc3F)nnn2c1. The van der Waals surface area contributed by atoms with Crippen molar-refractivity contribution >= 4 is 11.3 Å². The highest BCUT2D eigenvalue weighted by Crippen LogP contribution is 2.23. The molecule has 3 rings (SSSR count). The van der Waals surface area contributed by atoms with E-state index in [4.69, 9.17) is 5.73 Å². The summed E-state index contributed by atoms with van der Waals surface area (Å²) in [5.74, 6) is -0.353. The van der Waals surface area contributed by atoms with Gasteiger partial charge >= 0.3 is 0 Å². The molecule has 0 saturated carbocycles. The van der Waals surface area contributed by atoms with E-state index in [9.17, 15) is 4.39 Å². The van der Waals surface area contributed by atoms with E-state index in [-0.39, 0.29) is 5.82 Å². The second-order valence-corrected chi connectivity index (χ2v) is 3.57. The molecule has 0 fully saturated rings. The normalized spacial score (nSPS) is 10.9. The van der Waals surface area contributed by atoms with E-state index in [0.717, 1.165) is 0 Å². The number of halogens is 1.